The molecule has 2 heteroatoms. The molecule has 0 aromatic carbocycles. The number of ether oxygens (including phenoxy) is 1. The number of carbonyl (C=O) groups is 1. The number of fused-ring (bicyclic) bond motifs is 1. The van der Waals surface area contributed by atoms with Gasteiger partial charge < -0.3 is 4.74 Å². The lowest BCUT2D eigenvalue weighted by atomic mass is 9.40. The number of esters is 1. The molecule has 0 aromatic heterocycles. The van der Waals surface area contributed by atoms with E-state index in [-0.39, 0.29) is 5.97 Å². The normalized spacial score (nSPS) is 45.8. The van der Waals surface area contributed by atoms with Gasteiger partial charge in [-0.05, 0) is 78.1 Å². The van der Waals surface area contributed by atoms with Gasteiger partial charge in [-0.15, -0.1) is 0 Å². The molecule has 1 aliphatic heterocycles. The highest BCUT2D eigenvalue weighted by molar-refractivity contribution is 5.90. The Balaban J connectivity index is 1.95. The van der Waals surface area contributed by atoms with E-state index >= 15 is 0 Å². The first kappa shape index (κ1) is 20.9. The Bertz CT molecular complexity index is 607. The third-order valence-electron chi connectivity index (χ3n) is 9.92. The minimum atomic E-state index is -0.0751. The predicted octanol–water partition coefficient (Wildman–Crippen LogP) is 6.79. The lowest BCUT2D eigenvalue weighted by molar-refractivity contribution is -0.160. The highest BCUT2D eigenvalue weighted by Gasteiger charge is 2.60. The van der Waals surface area contributed by atoms with E-state index in [4.69, 9.17) is 4.74 Å². The molecule has 7 atom stereocenters. The second-order valence-electron chi connectivity index (χ2n) is 10.9. The molecular weight excluding hydrogens is 332 g/mol. The quantitative estimate of drug-likeness (QED) is 0.495. The summed E-state index contributed by atoms with van der Waals surface area (Å²) in [5, 5.41) is 0. The first-order chi connectivity index (χ1) is 12.6. The van der Waals surface area contributed by atoms with Crippen LogP contribution in [0.15, 0.2) is 11.6 Å². The Morgan fingerprint density at radius 2 is 1.85 bits per heavy atom. The van der Waals surface area contributed by atoms with Crippen molar-refractivity contribution in [2.75, 3.05) is 6.61 Å². The number of rotatable bonds is 5. The van der Waals surface area contributed by atoms with Crippen LogP contribution in [-0.2, 0) is 9.53 Å². The number of hydrogen-bond acceptors (Lipinski definition) is 2. The molecule has 0 radical (unpaired) electrons. The summed E-state index contributed by atoms with van der Waals surface area (Å²) in [7, 11) is 0. The zero-order valence-electron chi connectivity index (χ0n) is 18.9. The first-order valence-corrected chi connectivity index (χ1v) is 11.5. The third kappa shape index (κ3) is 3.19. The van der Waals surface area contributed by atoms with Crippen LogP contribution in [-0.4, -0.2) is 12.6 Å². The van der Waals surface area contributed by atoms with Crippen LogP contribution in [0.2, 0.25) is 0 Å². The van der Waals surface area contributed by atoms with Gasteiger partial charge >= 0.3 is 5.97 Å². The van der Waals surface area contributed by atoms with Gasteiger partial charge in [0.1, 0.15) is 6.61 Å². The molecule has 2 saturated carbocycles. The van der Waals surface area contributed by atoms with Crippen LogP contribution >= 0.6 is 0 Å². The lowest BCUT2D eigenvalue weighted by Gasteiger charge is -2.65. The van der Waals surface area contributed by atoms with Gasteiger partial charge in [0.2, 0.25) is 0 Å². The summed E-state index contributed by atoms with van der Waals surface area (Å²) in [5.74, 6) is 2.53. The van der Waals surface area contributed by atoms with Gasteiger partial charge in [-0.1, -0.05) is 61.3 Å². The van der Waals surface area contributed by atoms with Crippen molar-refractivity contribution in [3.8, 4) is 0 Å². The molecule has 0 bridgehead atoms. The van der Waals surface area contributed by atoms with Crippen molar-refractivity contribution in [2.45, 2.75) is 93.4 Å². The third-order valence-corrected chi connectivity index (χ3v) is 9.92. The standard InChI is InChI=1S/C25H42O2/c1-8-23(5)13-11-20-24(6,9-2)18(4)10-14-25(20,7)21(23)16-17(3)19-12-15-27-22(19)26/h12,17-18,20-21H,8-11,13-16H2,1-7H3/t17?,18-,20?,21+,23+,24-,25+/m1/s1. The summed E-state index contributed by atoms with van der Waals surface area (Å²) in [6, 6.07) is 0. The molecule has 2 fully saturated rings. The molecule has 3 rings (SSSR count). The molecule has 0 spiro atoms. The zero-order valence-corrected chi connectivity index (χ0v) is 18.9. The molecule has 0 amide bonds. The summed E-state index contributed by atoms with van der Waals surface area (Å²) >= 11 is 0. The Kier molecular flexibility index (Phi) is 5.60. The maximum atomic E-state index is 12.2. The molecule has 0 aromatic rings. The summed E-state index contributed by atoms with van der Waals surface area (Å²) in [5.41, 5.74) is 2.16. The Morgan fingerprint density at radius 1 is 1.15 bits per heavy atom. The average molecular weight is 375 g/mol. The Hall–Kier alpha value is -0.790. The van der Waals surface area contributed by atoms with Gasteiger partial charge in [0.15, 0.2) is 0 Å². The van der Waals surface area contributed by atoms with Gasteiger partial charge in [-0.2, -0.15) is 0 Å². The first-order valence-electron chi connectivity index (χ1n) is 11.5. The van der Waals surface area contributed by atoms with Crippen LogP contribution in [0.1, 0.15) is 93.4 Å². The van der Waals surface area contributed by atoms with Crippen LogP contribution < -0.4 is 0 Å². The molecule has 0 saturated heterocycles. The number of cyclic esters (lactones) is 1. The van der Waals surface area contributed by atoms with E-state index in [1.165, 1.54) is 38.5 Å². The fourth-order valence-corrected chi connectivity index (χ4v) is 7.48. The molecule has 3 aliphatic rings. The molecule has 1 heterocycles. The fourth-order valence-electron chi connectivity index (χ4n) is 7.48. The number of hydrogen-bond donors (Lipinski definition) is 0. The zero-order chi connectivity index (χ0) is 20.0. The Morgan fingerprint density at radius 3 is 2.41 bits per heavy atom. The van der Waals surface area contributed by atoms with Crippen molar-refractivity contribution in [3.05, 3.63) is 11.6 Å². The minimum absolute atomic E-state index is 0.0751. The second kappa shape index (κ2) is 7.23. The van der Waals surface area contributed by atoms with Crippen molar-refractivity contribution in [2.24, 2.45) is 39.9 Å². The molecule has 2 unspecified atom stereocenters. The summed E-state index contributed by atoms with van der Waals surface area (Å²) in [6.07, 6.45) is 11.1. The smallest absolute Gasteiger partial charge is 0.334 e. The van der Waals surface area contributed by atoms with Crippen LogP contribution in [0.3, 0.4) is 0 Å². The maximum Gasteiger partial charge on any atom is 0.334 e. The maximum absolute atomic E-state index is 12.2. The average Bonchev–Trinajstić information content (AvgIpc) is 3.07. The van der Waals surface area contributed by atoms with E-state index in [0.29, 0.717) is 34.7 Å². The highest BCUT2D eigenvalue weighted by Crippen LogP contribution is 2.68. The van der Waals surface area contributed by atoms with Gasteiger partial charge in [0, 0.05) is 5.57 Å². The topological polar surface area (TPSA) is 26.3 Å². The second-order valence-corrected chi connectivity index (χ2v) is 10.9. The summed E-state index contributed by atoms with van der Waals surface area (Å²) < 4.78 is 5.22. The van der Waals surface area contributed by atoms with Gasteiger partial charge in [-0.3, -0.25) is 0 Å². The van der Waals surface area contributed by atoms with Crippen LogP contribution in [0.25, 0.3) is 0 Å². The van der Waals surface area contributed by atoms with Gasteiger partial charge in [-0.25, -0.2) is 4.79 Å². The molecule has 154 valence electrons. The summed E-state index contributed by atoms with van der Waals surface area (Å²) in [4.78, 5) is 12.2. The summed E-state index contributed by atoms with van der Waals surface area (Å²) in [6.45, 7) is 17.7. The van der Waals surface area contributed by atoms with Crippen LogP contribution in [0.4, 0.5) is 0 Å². The number of carbonyl (C=O) groups excluding carboxylic acids is 1. The Labute approximate surface area is 167 Å². The van der Waals surface area contributed by atoms with Crippen LogP contribution in [0.5, 0.6) is 0 Å². The molecule has 2 nitrogen and oxygen atoms in total. The minimum Gasteiger partial charge on any atom is -0.458 e. The fraction of sp³-hybridized carbons (Fsp3) is 0.880. The van der Waals surface area contributed by atoms with E-state index in [1.54, 1.807) is 0 Å². The van der Waals surface area contributed by atoms with Crippen molar-refractivity contribution in [3.63, 3.8) is 0 Å². The van der Waals surface area contributed by atoms with E-state index in [9.17, 15) is 4.79 Å². The molecule has 27 heavy (non-hydrogen) atoms. The van der Waals surface area contributed by atoms with Gasteiger partial charge in [0.05, 0.1) is 0 Å². The van der Waals surface area contributed by atoms with Crippen molar-refractivity contribution < 1.29 is 9.53 Å². The van der Waals surface area contributed by atoms with Crippen LogP contribution in [0, 0.1) is 39.9 Å². The SMILES string of the molecule is CC[C@@]1(C)CCC2[C@](C)(CC)[C@H](C)CC[C@]2(C)[C@H]1CC(C)C1=CCOC1=O. The van der Waals surface area contributed by atoms with Gasteiger partial charge in [0.25, 0.3) is 0 Å². The highest BCUT2D eigenvalue weighted by atomic mass is 16.5. The monoisotopic (exact) mass is 374 g/mol. The lowest BCUT2D eigenvalue weighted by Crippen LogP contribution is -2.57. The predicted molar refractivity (Wildman–Crippen MR) is 112 cm³/mol. The molecule has 2 aliphatic carbocycles. The van der Waals surface area contributed by atoms with E-state index in [2.05, 4.69) is 48.5 Å². The largest absolute Gasteiger partial charge is 0.458 e. The van der Waals surface area contributed by atoms with Crippen molar-refractivity contribution in [1.29, 1.82) is 0 Å². The van der Waals surface area contributed by atoms with Crippen molar-refractivity contribution in [1.82, 2.24) is 0 Å². The van der Waals surface area contributed by atoms with E-state index in [1.807, 2.05) is 6.08 Å². The molecular formula is C25H42O2. The molecule has 0 N–H and O–H groups in total. The van der Waals surface area contributed by atoms with E-state index < -0.39 is 0 Å². The van der Waals surface area contributed by atoms with Crippen molar-refractivity contribution >= 4 is 5.97 Å². The van der Waals surface area contributed by atoms with E-state index in [0.717, 1.165) is 23.8 Å².